The highest BCUT2D eigenvalue weighted by Crippen LogP contribution is 2.40. The smallest absolute Gasteiger partial charge is 0.269 e. The van der Waals surface area contributed by atoms with E-state index in [1.54, 1.807) is 30.5 Å². The molecule has 20 heavy (non-hydrogen) atoms. The summed E-state index contributed by atoms with van der Waals surface area (Å²) in [5.74, 6) is -0.788. The molecule has 0 bridgehead atoms. The van der Waals surface area contributed by atoms with Crippen LogP contribution in [0.15, 0.2) is 36.5 Å². The van der Waals surface area contributed by atoms with Gasteiger partial charge in [0.25, 0.3) is 5.91 Å². The molecule has 2 N–H and O–H groups in total. The Bertz CT molecular complexity index is 727. The number of rotatable bonds is 0. The zero-order chi connectivity index (χ0) is 14.3. The van der Waals surface area contributed by atoms with Gasteiger partial charge in [-0.15, -0.1) is 0 Å². The predicted molar refractivity (Wildman–Crippen MR) is 73.1 cm³/mol. The Balaban J connectivity index is 2.32. The van der Waals surface area contributed by atoms with Crippen LogP contribution in [0.1, 0.15) is 17.3 Å². The molecule has 0 radical (unpaired) electrons. The molecule has 0 unspecified atom stereocenters. The van der Waals surface area contributed by atoms with Crippen molar-refractivity contribution in [3.05, 3.63) is 42.1 Å². The van der Waals surface area contributed by atoms with Crippen LogP contribution in [0, 0.1) is 0 Å². The van der Waals surface area contributed by atoms with Crippen molar-refractivity contribution < 1.29 is 14.7 Å². The van der Waals surface area contributed by atoms with E-state index in [0.717, 1.165) is 4.90 Å². The number of carbonyl (C=O) groups excluding carboxylic acids is 2. The zero-order valence-corrected chi connectivity index (χ0v) is 10.6. The van der Waals surface area contributed by atoms with Gasteiger partial charge >= 0.3 is 0 Å². The fourth-order valence-corrected chi connectivity index (χ4v) is 2.19. The number of anilines is 3. The molecule has 0 saturated heterocycles. The normalized spacial score (nSPS) is 13.1. The van der Waals surface area contributed by atoms with Crippen LogP contribution < -0.4 is 10.2 Å². The molecule has 0 spiro atoms. The number of benzene rings is 1. The van der Waals surface area contributed by atoms with E-state index in [-0.39, 0.29) is 17.0 Å². The summed E-state index contributed by atoms with van der Waals surface area (Å²) >= 11 is 0. The van der Waals surface area contributed by atoms with Gasteiger partial charge in [-0.1, -0.05) is 6.07 Å². The Hall–Kier alpha value is -2.89. The minimum atomic E-state index is -0.520. The van der Waals surface area contributed by atoms with Crippen LogP contribution in [-0.4, -0.2) is 21.9 Å². The molecule has 1 aromatic carbocycles. The summed E-state index contributed by atoms with van der Waals surface area (Å²) in [5, 5.41) is 13.0. The molecule has 2 amide bonds. The average Bonchev–Trinajstić information content (AvgIpc) is 2.54. The molecular weight excluding hydrogens is 258 g/mol. The maximum atomic E-state index is 12.5. The summed E-state index contributed by atoms with van der Waals surface area (Å²) in [6.07, 6.45) is 1.55. The molecule has 3 rings (SSSR count). The Morgan fingerprint density at radius 2 is 2.10 bits per heavy atom. The van der Waals surface area contributed by atoms with Gasteiger partial charge in [-0.2, -0.15) is 0 Å². The molecular formula is C14H11N3O3. The van der Waals surface area contributed by atoms with Gasteiger partial charge in [0.1, 0.15) is 17.3 Å². The lowest BCUT2D eigenvalue weighted by atomic mass is 10.2. The molecule has 6 heteroatoms. The number of pyridine rings is 1. The van der Waals surface area contributed by atoms with Crippen molar-refractivity contribution in [2.75, 3.05) is 10.2 Å². The van der Waals surface area contributed by atoms with Crippen molar-refractivity contribution in [2.45, 2.75) is 6.92 Å². The van der Waals surface area contributed by atoms with Crippen molar-refractivity contribution >= 4 is 29.0 Å². The minimum Gasteiger partial charge on any atom is -0.506 e. The minimum absolute atomic E-state index is 0.142. The van der Waals surface area contributed by atoms with Gasteiger partial charge in [0.15, 0.2) is 0 Å². The molecule has 6 nitrogen and oxygen atoms in total. The molecule has 0 aliphatic carbocycles. The second-order valence-corrected chi connectivity index (χ2v) is 4.36. The first kappa shape index (κ1) is 12.2. The fraction of sp³-hybridized carbons (Fsp3) is 0.0714. The number of hydrogen-bond acceptors (Lipinski definition) is 5. The highest BCUT2D eigenvalue weighted by molar-refractivity contribution is 6.25. The van der Waals surface area contributed by atoms with E-state index >= 15 is 0 Å². The van der Waals surface area contributed by atoms with Crippen molar-refractivity contribution in [3.63, 3.8) is 0 Å². The molecule has 1 aliphatic heterocycles. The number of amides is 2. The van der Waals surface area contributed by atoms with E-state index in [0.29, 0.717) is 11.5 Å². The van der Waals surface area contributed by atoms with E-state index < -0.39 is 11.8 Å². The predicted octanol–water partition coefficient (Wildman–Crippen LogP) is 2.04. The number of carbonyl (C=O) groups is 2. The fourth-order valence-electron chi connectivity index (χ4n) is 2.19. The van der Waals surface area contributed by atoms with Crippen LogP contribution in [-0.2, 0) is 4.79 Å². The van der Waals surface area contributed by atoms with Crippen LogP contribution >= 0.6 is 0 Å². The first-order chi connectivity index (χ1) is 9.59. The van der Waals surface area contributed by atoms with Crippen LogP contribution in [0.2, 0.25) is 0 Å². The summed E-state index contributed by atoms with van der Waals surface area (Å²) in [6, 6.07) is 7.91. The van der Waals surface area contributed by atoms with Crippen LogP contribution in [0.3, 0.4) is 0 Å². The van der Waals surface area contributed by atoms with E-state index in [4.69, 9.17) is 0 Å². The van der Waals surface area contributed by atoms with Crippen molar-refractivity contribution in [1.29, 1.82) is 0 Å². The second-order valence-electron chi connectivity index (χ2n) is 4.36. The Morgan fingerprint density at radius 3 is 2.85 bits per heavy atom. The number of hydrogen-bond donors (Lipinski definition) is 2. The largest absolute Gasteiger partial charge is 0.506 e. The van der Waals surface area contributed by atoms with E-state index in [2.05, 4.69) is 10.3 Å². The van der Waals surface area contributed by atoms with E-state index in [1.807, 2.05) is 0 Å². The van der Waals surface area contributed by atoms with Gasteiger partial charge in [-0.3, -0.25) is 9.59 Å². The highest BCUT2D eigenvalue weighted by atomic mass is 16.3. The molecule has 100 valence electrons. The summed E-state index contributed by atoms with van der Waals surface area (Å²) in [7, 11) is 0. The summed E-state index contributed by atoms with van der Waals surface area (Å²) in [5.41, 5.74) is 0.868. The maximum absolute atomic E-state index is 12.5. The quantitative estimate of drug-likeness (QED) is 0.764. The van der Waals surface area contributed by atoms with Gasteiger partial charge in [-0.25, -0.2) is 9.88 Å². The van der Waals surface area contributed by atoms with Crippen LogP contribution in [0.4, 0.5) is 17.2 Å². The lowest BCUT2D eigenvalue weighted by molar-refractivity contribution is -0.115. The SMILES string of the molecule is CC(=O)N1C(=O)c2cccnc2Nc2cccc(O)c21. The van der Waals surface area contributed by atoms with Gasteiger partial charge in [0, 0.05) is 13.1 Å². The first-order valence-corrected chi connectivity index (χ1v) is 5.98. The van der Waals surface area contributed by atoms with Crippen LogP contribution in [0.5, 0.6) is 5.75 Å². The molecule has 1 aromatic heterocycles. The highest BCUT2D eigenvalue weighted by Gasteiger charge is 2.31. The number of nitrogens with one attached hydrogen (secondary N) is 1. The summed E-state index contributed by atoms with van der Waals surface area (Å²) < 4.78 is 0. The monoisotopic (exact) mass is 269 g/mol. The standard InChI is InChI=1S/C14H11N3O3/c1-8(18)17-12-10(5-2-6-11(12)19)16-13-9(14(17)20)4-3-7-15-13/h2-7,19H,1H3,(H,15,16). The Morgan fingerprint density at radius 1 is 1.30 bits per heavy atom. The first-order valence-electron chi connectivity index (χ1n) is 5.98. The summed E-state index contributed by atoms with van der Waals surface area (Å²) in [4.78, 5) is 29.4. The molecule has 2 heterocycles. The summed E-state index contributed by atoms with van der Waals surface area (Å²) in [6.45, 7) is 1.27. The number of fused-ring (bicyclic) bond motifs is 2. The van der Waals surface area contributed by atoms with Crippen molar-refractivity contribution in [1.82, 2.24) is 4.98 Å². The maximum Gasteiger partial charge on any atom is 0.269 e. The van der Waals surface area contributed by atoms with Gasteiger partial charge in [-0.05, 0) is 24.3 Å². The third kappa shape index (κ3) is 1.70. The number of aromatic nitrogens is 1. The van der Waals surface area contributed by atoms with Gasteiger partial charge in [0.2, 0.25) is 5.91 Å². The second kappa shape index (κ2) is 4.34. The number of aromatic hydroxyl groups is 1. The van der Waals surface area contributed by atoms with E-state index in [1.165, 1.54) is 13.0 Å². The number of imide groups is 1. The Kier molecular flexibility index (Phi) is 2.64. The molecule has 1 aliphatic rings. The molecule has 0 saturated carbocycles. The van der Waals surface area contributed by atoms with Gasteiger partial charge in [0.05, 0.1) is 11.3 Å². The number of nitrogens with zero attached hydrogens (tertiary/aromatic N) is 2. The topological polar surface area (TPSA) is 82.5 Å². The average molecular weight is 269 g/mol. The lowest BCUT2D eigenvalue weighted by Gasteiger charge is -2.19. The number of phenols is 1. The lowest BCUT2D eigenvalue weighted by Crippen LogP contribution is -2.34. The number of phenolic OH excluding ortho intramolecular Hbond substituents is 1. The van der Waals surface area contributed by atoms with Crippen molar-refractivity contribution in [3.8, 4) is 5.75 Å². The molecule has 0 fully saturated rings. The van der Waals surface area contributed by atoms with Crippen molar-refractivity contribution in [2.24, 2.45) is 0 Å². The number of para-hydroxylation sites is 1. The zero-order valence-electron chi connectivity index (χ0n) is 10.6. The van der Waals surface area contributed by atoms with E-state index in [9.17, 15) is 14.7 Å². The Labute approximate surface area is 114 Å². The van der Waals surface area contributed by atoms with Gasteiger partial charge < -0.3 is 10.4 Å². The molecule has 2 aromatic rings. The molecule has 0 atom stereocenters. The third-order valence-corrected chi connectivity index (χ3v) is 3.05. The third-order valence-electron chi connectivity index (χ3n) is 3.05. The van der Waals surface area contributed by atoms with Crippen LogP contribution in [0.25, 0.3) is 0 Å².